The number of ketones is 1. The molecule has 0 aliphatic heterocycles. The molecule has 1 heterocycles. The first-order chi connectivity index (χ1) is 9.95. The summed E-state index contributed by atoms with van der Waals surface area (Å²) in [4.78, 5) is 16.2. The first-order valence-corrected chi connectivity index (χ1v) is 8.50. The monoisotopic (exact) mass is 326 g/mol. The fraction of sp³-hybridized carbons (Fsp3) is 0.286. The molecule has 0 aliphatic rings. The molecule has 0 unspecified atom stereocenters. The van der Waals surface area contributed by atoms with Gasteiger partial charge in [-0.1, -0.05) is 36.7 Å². The van der Waals surface area contributed by atoms with Gasteiger partial charge in [0.1, 0.15) is 16.6 Å². The van der Waals surface area contributed by atoms with Crippen LogP contribution in [0.4, 0.5) is 0 Å². The lowest BCUT2D eigenvalue weighted by molar-refractivity contribution is 0.101. The molecule has 2 aromatic rings. The van der Waals surface area contributed by atoms with E-state index in [0.717, 1.165) is 6.42 Å². The van der Waals surface area contributed by atoms with Crippen LogP contribution in [0.2, 0.25) is 5.15 Å². The highest BCUT2D eigenvalue weighted by molar-refractivity contribution is 7.92. The number of hydrogen-bond acceptors (Lipinski definition) is 4. The smallest absolute Gasteiger partial charge is 0.199 e. The quantitative estimate of drug-likeness (QED) is 0.765. The lowest BCUT2D eigenvalue weighted by atomic mass is 10.3. The van der Waals surface area contributed by atoms with Crippen LogP contribution in [-0.2, 0) is 16.4 Å². The van der Waals surface area contributed by atoms with Crippen molar-refractivity contribution in [2.45, 2.75) is 24.8 Å². The SMILES string of the molecule is CCCn1cnc(C(=O)CS(=O)(=O)c2ccccc2)c1Cl. The van der Waals surface area contributed by atoms with Crippen LogP contribution in [0.15, 0.2) is 41.6 Å². The molecule has 1 aromatic carbocycles. The van der Waals surface area contributed by atoms with E-state index in [4.69, 9.17) is 11.6 Å². The molecule has 2 rings (SSSR count). The number of rotatable bonds is 6. The molecular formula is C14H15ClN2O3S. The molecule has 0 N–H and O–H groups in total. The molecule has 0 bridgehead atoms. The summed E-state index contributed by atoms with van der Waals surface area (Å²) in [5.41, 5.74) is 0.00428. The minimum absolute atomic E-state index is 0.00428. The molecule has 7 heteroatoms. The molecule has 0 spiro atoms. The topological polar surface area (TPSA) is 69.0 Å². The van der Waals surface area contributed by atoms with Crippen molar-refractivity contribution in [2.24, 2.45) is 0 Å². The van der Waals surface area contributed by atoms with E-state index in [9.17, 15) is 13.2 Å². The molecule has 0 radical (unpaired) electrons. The summed E-state index contributed by atoms with van der Waals surface area (Å²) in [5.74, 6) is -1.24. The van der Waals surface area contributed by atoms with Crippen LogP contribution >= 0.6 is 11.6 Å². The van der Waals surface area contributed by atoms with Crippen LogP contribution < -0.4 is 0 Å². The van der Waals surface area contributed by atoms with Crippen molar-refractivity contribution in [1.82, 2.24) is 9.55 Å². The molecule has 0 amide bonds. The zero-order chi connectivity index (χ0) is 15.5. The summed E-state index contributed by atoms with van der Waals surface area (Å²) in [6.45, 7) is 2.60. The Morgan fingerprint density at radius 1 is 1.29 bits per heavy atom. The predicted molar refractivity (Wildman–Crippen MR) is 80.4 cm³/mol. The van der Waals surface area contributed by atoms with Gasteiger partial charge in [0.05, 0.1) is 11.2 Å². The second-order valence-corrected chi connectivity index (χ2v) is 6.92. The van der Waals surface area contributed by atoms with Crippen LogP contribution in [0.5, 0.6) is 0 Å². The molecule has 0 aliphatic carbocycles. The minimum atomic E-state index is -3.68. The number of Topliss-reactive ketones (excluding diaryl/α,β-unsaturated/α-hetero) is 1. The normalized spacial score (nSPS) is 11.5. The number of sulfone groups is 1. The number of hydrogen-bond donors (Lipinski definition) is 0. The first-order valence-electron chi connectivity index (χ1n) is 6.47. The Hall–Kier alpha value is -1.66. The van der Waals surface area contributed by atoms with Crippen molar-refractivity contribution in [2.75, 3.05) is 5.75 Å². The van der Waals surface area contributed by atoms with Crippen LogP contribution in [0.1, 0.15) is 23.8 Å². The Kier molecular flexibility index (Phi) is 4.80. The van der Waals surface area contributed by atoms with Gasteiger partial charge in [-0.05, 0) is 18.6 Å². The second kappa shape index (κ2) is 6.41. The van der Waals surface area contributed by atoms with Crippen LogP contribution in [0.25, 0.3) is 0 Å². The van der Waals surface area contributed by atoms with Crippen molar-refractivity contribution >= 4 is 27.2 Å². The molecule has 0 saturated heterocycles. The maximum absolute atomic E-state index is 12.2. The maximum atomic E-state index is 12.2. The average Bonchev–Trinajstić information content (AvgIpc) is 2.81. The number of aromatic nitrogens is 2. The molecule has 112 valence electrons. The van der Waals surface area contributed by atoms with Gasteiger partial charge in [0.15, 0.2) is 15.6 Å². The van der Waals surface area contributed by atoms with Gasteiger partial charge in [-0.2, -0.15) is 0 Å². The number of benzene rings is 1. The van der Waals surface area contributed by atoms with Crippen LogP contribution in [0, 0.1) is 0 Å². The molecule has 1 aromatic heterocycles. The lowest BCUT2D eigenvalue weighted by Crippen LogP contribution is -2.17. The van der Waals surface area contributed by atoms with Gasteiger partial charge in [0.25, 0.3) is 0 Å². The highest BCUT2D eigenvalue weighted by Crippen LogP contribution is 2.18. The predicted octanol–water partition coefficient (Wildman–Crippen LogP) is 2.60. The van der Waals surface area contributed by atoms with Crippen molar-refractivity contribution in [3.63, 3.8) is 0 Å². The highest BCUT2D eigenvalue weighted by atomic mass is 35.5. The zero-order valence-corrected chi connectivity index (χ0v) is 13.1. The van der Waals surface area contributed by atoms with Crippen molar-refractivity contribution in [3.05, 3.63) is 47.5 Å². The van der Waals surface area contributed by atoms with Gasteiger partial charge >= 0.3 is 0 Å². The fourth-order valence-corrected chi connectivity index (χ4v) is 3.41. The summed E-state index contributed by atoms with van der Waals surface area (Å²) >= 11 is 6.06. The summed E-state index contributed by atoms with van der Waals surface area (Å²) in [5, 5.41) is 0.185. The lowest BCUT2D eigenvalue weighted by Gasteiger charge is -2.04. The molecule has 21 heavy (non-hydrogen) atoms. The summed E-state index contributed by atoms with van der Waals surface area (Å²) < 4.78 is 26.0. The Bertz CT molecular complexity index is 739. The standard InChI is InChI=1S/C14H15ClN2O3S/c1-2-8-17-10-16-13(14(17)15)12(18)9-21(19,20)11-6-4-3-5-7-11/h3-7,10H,2,8-9H2,1H3. The second-order valence-electron chi connectivity index (χ2n) is 4.57. The number of halogens is 1. The Morgan fingerprint density at radius 3 is 2.57 bits per heavy atom. The van der Waals surface area contributed by atoms with Gasteiger partial charge < -0.3 is 4.57 Å². The largest absolute Gasteiger partial charge is 0.321 e. The Labute approximate surface area is 128 Å². The molecule has 0 fully saturated rings. The average molecular weight is 327 g/mol. The third-order valence-electron chi connectivity index (χ3n) is 2.93. The third kappa shape index (κ3) is 3.51. The number of imidazole rings is 1. The third-order valence-corrected chi connectivity index (χ3v) is 4.95. The van der Waals surface area contributed by atoms with Crippen LogP contribution in [-0.4, -0.2) is 29.5 Å². The van der Waals surface area contributed by atoms with E-state index < -0.39 is 21.4 Å². The molecule has 5 nitrogen and oxygen atoms in total. The maximum Gasteiger partial charge on any atom is 0.199 e. The van der Waals surface area contributed by atoms with E-state index in [1.165, 1.54) is 18.5 Å². The van der Waals surface area contributed by atoms with Gasteiger partial charge in [-0.15, -0.1) is 0 Å². The van der Waals surface area contributed by atoms with Crippen LogP contribution in [0.3, 0.4) is 0 Å². The Morgan fingerprint density at radius 2 is 1.95 bits per heavy atom. The van der Waals surface area contributed by atoms with Crippen molar-refractivity contribution in [3.8, 4) is 0 Å². The first kappa shape index (κ1) is 15.7. The van der Waals surface area contributed by atoms with Gasteiger partial charge in [0, 0.05) is 6.54 Å². The van der Waals surface area contributed by atoms with E-state index in [1.54, 1.807) is 22.8 Å². The van der Waals surface area contributed by atoms with Gasteiger partial charge in [0.2, 0.25) is 0 Å². The fourth-order valence-electron chi connectivity index (χ4n) is 1.90. The van der Waals surface area contributed by atoms with Crippen molar-refractivity contribution in [1.29, 1.82) is 0 Å². The summed E-state index contributed by atoms with van der Waals surface area (Å²) in [6, 6.07) is 7.85. The van der Waals surface area contributed by atoms with E-state index in [0.29, 0.717) is 6.54 Å². The number of carbonyl (C=O) groups excluding carboxylic acids is 1. The number of aryl methyl sites for hydroxylation is 1. The van der Waals surface area contributed by atoms with E-state index in [-0.39, 0.29) is 15.7 Å². The molecule has 0 saturated carbocycles. The van der Waals surface area contributed by atoms with E-state index >= 15 is 0 Å². The zero-order valence-electron chi connectivity index (χ0n) is 11.5. The summed E-state index contributed by atoms with van der Waals surface area (Å²) in [6.07, 6.45) is 2.29. The van der Waals surface area contributed by atoms with Gasteiger partial charge in [-0.25, -0.2) is 13.4 Å². The van der Waals surface area contributed by atoms with E-state index in [1.807, 2.05) is 6.92 Å². The molecule has 0 atom stereocenters. The number of carbonyl (C=O) groups is 1. The Balaban J connectivity index is 2.22. The summed E-state index contributed by atoms with van der Waals surface area (Å²) in [7, 11) is -3.68. The minimum Gasteiger partial charge on any atom is -0.321 e. The van der Waals surface area contributed by atoms with Gasteiger partial charge in [-0.3, -0.25) is 4.79 Å². The highest BCUT2D eigenvalue weighted by Gasteiger charge is 2.24. The molecular weight excluding hydrogens is 312 g/mol. The number of nitrogens with zero attached hydrogens (tertiary/aromatic N) is 2. The van der Waals surface area contributed by atoms with E-state index in [2.05, 4.69) is 4.98 Å². The van der Waals surface area contributed by atoms with Crippen molar-refractivity contribution < 1.29 is 13.2 Å².